The van der Waals surface area contributed by atoms with E-state index in [1.165, 1.54) is 5.56 Å². The van der Waals surface area contributed by atoms with Crippen LogP contribution >= 0.6 is 11.6 Å². The zero-order valence-electron chi connectivity index (χ0n) is 12.0. The lowest BCUT2D eigenvalue weighted by Crippen LogP contribution is -2.42. The number of rotatable bonds is 2. The Morgan fingerprint density at radius 1 is 1.14 bits per heavy atom. The van der Waals surface area contributed by atoms with Gasteiger partial charge in [-0.15, -0.1) is 0 Å². The standard InChI is InChI=1S/C19H16ClNO/c20-13-9-10-17-16(11-13)14-7-4-8-15(14)18(21-17)19(22)12-5-2-1-3-6-12/h1-7,9-11,14-15,18,21H,8H2. The zero-order chi connectivity index (χ0) is 15.1. The first-order valence-electron chi connectivity index (χ1n) is 7.56. The van der Waals surface area contributed by atoms with E-state index in [0.717, 1.165) is 22.7 Å². The Balaban J connectivity index is 1.74. The maximum absolute atomic E-state index is 12.9. The largest absolute Gasteiger partial charge is 0.374 e. The van der Waals surface area contributed by atoms with Crippen molar-refractivity contribution in [2.75, 3.05) is 5.32 Å². The Labute approximate surface area is 134 Å². The number of Topliss-reactive ketones (excluding diaryl/α,β-unsaturated/α-hetero) is 1. The lowest BCUT2D eigenvalue weighted by molar-refractivity contribution is 0.0938. The van der Waals surface area contributed by atoms with Crippen molar-refractivity contribution in [1.29, 1.82) is 0 Å². The molecule has 4 rings (SSSR count). The molecule has 1 N–H and O–H groups in total. The molecule has 2 nitrogen and oxygen atoms in total. The maximum Gasteiger partial charge on any atom is 0.185 e. The molecule has 0 spiro atoms. The second-order valence-electron chi connectivity index (χ2n) is 5.94. The highest BCUT2D eigenvalue weighted by atomic mass is 35.5. The molecule has 0 saturated heterocycles. The number of halogens is 1. The molecule has 3 heteroatoms. The molecule has 110 valence electrons. The smallest absolute Gasteiger partial charge is 0.185 e. The number of carbonyl (C=O) groups excluding carboxylic acids is 1. The highest BCUT2D eigenvalue weighted by Gasteiger charge is 2.40. The molecule has 0 bridgehead atoms. The Kier molecular flexibility index (Phi) is 3.27. The van der Waals surface area contributed by atoms with Gasteiger partial charge in [0.1, 0.15) is 0 Å². The fourth-order valence-corrected chi connectivity index (χ4v) is 3.79. The van der Waals surface area contributed by atoms with E-state index in [9.17, 15) is 4.79 Å². The first-order valence-corrected chi connectivity index (χ1v) is 7.94. The molecule has 3 unspecified atom stereocenters. The molecule has 0 fully saturated rings. The lowest BCUT2D eigenvalue weighted by atomic mass is 9.77. The fraction of sp³-hybridized carbons (Fsp3) is 0.211. The predicted molar refractivity (Wildman–Crippen MR) is 89.6 cm³/mol. The Hall–Kier alpha value is -2.06. The van der Waals surface area contributed by atoms with Gasteiger partial charge in [-0.2, -0.15) is 0 Å². The third kappa shape index (κ3) is 2.15. The van der Waals surface area contributed by atoms with E-state index < -0.39 is 0 Å². The van der Waals surface area contributed by atoms with Gasteiger partial charge in [-0.25, -0.2) is 0 Å². The van der Waals surface area contributed by atoms with Crippen LogP contribution in [0.25, 0.3) is 0 Å². The van der Waals surface area contributed by atoms with Crippen LogP contribution in [0.4, 0.5) is 5.69 Å². The van der Waals surface area contributed by atoms with E-state index in [4.69, 9.17) is 11.6 Å². The van der Waals surface area contributed by atoms with E-state index >= 15 is 0 Å². The van der Waals surface area contributed by atoms with Gasteiger partial charge in [0.2, 0.25) is 0 Å². The monoisotopic (exact) mass is 309 g/mol. The van der Waals surface area contributed by atoms with Crippen LogP contribution in [0.3, 0.4) is 0 Å². The summed E-state index contributed by atoms with van der Waals surface area (Å²) in [6, 6.07) is 15.2. The van der Waals surface area contributed by atoms with Crippen LogP contribution in [-0.2, 0) is 0 Å². The first-order chi connectivity index (χ1) is 10.7. The molecule has 2 aromatic rings. The van der Waals surface area contributed by atoms with Crippen LogP contribution in [-0.4, -0.2) is 11.8 Å². The van der Waals surface area contributed by atoms with E-state index in [-0.39, 0.29) is 23.7 Å². The molecular formula is C19H16ClNO. The number of allylic oxidation sites excluding steroid dienone is 2. The van der Waals surface area contributed by atoms with Crippen LogP contribution in [0.5, 0.6) is 0 Å². The van der Waals surface area contributed by atoms with Crippen molar-refractivity contribution in [3.63, 3.8) is 0 Å². The molecule has 1 aliphatic heterocycles. The number of nitrogens with one attached hydrogen (secondary N) is 1. The Bertz CT molecular complexity index is 753. The SMILES string of the molecule is O=C(c1ccccc1)C1Nc2ccc(Cl)cc2C2C=CCC12. The van der Waals surface area contributed by atoms with E-state index in [1.54, 1.807) is 0 Å². The van der Waals surface area contributed by atoms with E-state index in [1.807, 2.05) is 48.5 Å². The second kappa shape index (κ2) is 5.29. The summed E-state index contributed by atoms with van der Waals surface area (Å²) in [6.07, 6.45) is 5.32. The van der Waals surface area contributed by atoms with Gasteiger partial charge in [0.25, 0.3) is 0 Å². The van der Waals surface area contributed by atoms with E-state index in [2.05, 4.69) is 17.5 Å². The van der Waals surface area contributed by atoms with E-state index in [0.29, 0.717) is 0 Å². The van der Waals surface area contributed by atoms with Crippen molar-refractivity contribution in [2.45, 2.75) is 18.4 Å². The summed E-state index contributed by atoms with van der Waals surface area (Å²) in [5.41, 5.74) is 2.98. The van der Waals surface area contributed by atoms with Crippen molar-refractivity contribution in [2.24, 2.45) is 5.92 Å². The quantitative estimate of drug-likeness (QED) is 0.645. The molecule has 22 heavy (non-hydrogen) atoms. The fourth-order valence-electron chi connectivity index (χ4n) is 3.61. The van der Waals surface area contributed by atoms with Gasteiger partial charge in [-0.05, 0) is 30.2 Å². The van der Waals surface area contributed by atoms with Gasteiger partial charge in [-0.1, -0.05) is 54.1 Å². The van der Waals surface area contributed by atoms with Gasteiger partial charge in [-0.3, -0.25) is 4.79 Å². The van der Waals surface area contributed by atoms with Crippen molar-refractivity contribution in [3.8, 4) is 0 Å². The number of hydrogen-bond acceptors (Lipinski definition) is 2. The summed E-state index contributed by atoms with van der Waals surface area (Å²) in [7, 11) is 0. The molecule has 0 aromatic heterocycles. The molecule has 0 radical (unpaired) electrons. The average molecular weight is 310 g/mol. The highest BCUT2D eigenvalue weighted by molar-refractivity contribution is 6.30. The van der Waals surface area contributed by atoms with Crippen LogP contribution < -0.4 is 5.32 Å². The average Bonchev–Trinajstić information content (AvgIpc) is 3.04. The minimum absolute atomic E-state index is 0.167. The number of fused-ring (bicyclic) bond motifs is 3. The number of carbonyl (C=O) groups is 1. The maximum atomic E-state index is 12.9. The Morgan fingerprint density at radius 2 is 1.95 bits per heavy atom. The van der Waals surface area contributed by atoms with Crippen molar-refractivity contribution in [1.82, 2.24) is 0 Å². The topological polar surface area (TPSA) is 29.1 Å². The summed E-state index contributed by atoms with van der Waals surface area (Å²) in [5.74, 6) is 0.700. The number of benzene rings is 2. The molecule has 2 aromatic carbocycles. The Morgan fingerprint density at radius 3 is 2.77 bits per heavy atom. The minimum atomic E-state index is -0.184. The predicted octanol–water partition coefficient (Wildman–Crippen LogP) is 4.68. The van der Waals surface area contributed by atoms with Gasteiger partial charge in [0, 0.05) is 28.1 Å². The van der Waals surface area contributed by atoms with Gasteiger partial charge in [0.15, 0.2) is 5.78 Å². The zero-order valence-corrected chi connectivity index (χ0v) is 12.8. The molecule has 2 aliphatic rings. The second-order valence-corrected chi connectivity index (χ2v) is 6.37. The number of anilines is 1. The number of ketones is 1. The summed E-state index contributed by atoms with van der Waals surface area (Å²) in [5, 5.41) is 4.19. The van der Waals surface area contributed by atoms with Crippen molar-refractivity contribution in [3.05, 3.63) is 76.8 Å². The molecule has 1 heterocycles. The molecule has 3 atom stereocenters. The van der Waals surface area contributed by atoms with Gasteiger partial charge >= 0.3 is 0 Å². The summed E-state index contributed by atoms with van der Waals surface area (Å²) in [6.45, 7) is 0. The van der Waals surface area contributed by atoms with Crippen LogP contribution in [0.15, 0.2) is 60.7 Å². The normalized spacial score (nSPS) is 25.2. The molecular weight excluding hydrogens is 294 g/mol. The highest BCUT2D eigenvalue weighted by Crippen LogP contribution is 2.45. The summed E-state index contributed by atoms with van der Waals surface area (Å²) >= 11 is 6.14. The molecule has 1 aliphatic carbocycles. The third-order valence-corrected chi connectivity index (χ3v) is 4.90. The van der Waals surface area contributed by atoms with Crippen molar-refractivity contribution < 1.29 is 4.79 Å². The lowest BCUT2D eigenvalue weighted by Gasteiger charge is -2.36. The van der Waals surface area contributed by atoms with Crippen LogP contribution in [0.2, 0.25) is 5.02 Å². The minimum Gasteiger partial charge on any atom is -0.374 e. The molecule has 0 saturated carbocycles. The van der Waals surface area contributed by atoms with Crippen molar-refractivity contribution >= 4 is 23.1 Å². The van der Waals surface area contributed by atoms with Gasteiger partial charge in [0.05, 0.1) is 6.04 Å². The first kappa shape index (κ1) is 13.6. The molecule has 0 amide bonds. The summed E-state index contributed by atoms with van der Waals surface area (Å²) in [4.78, 5) is 12.9. The number of hydrogen-bond donors (Lipinski definition) is 1. The van der Waals surface area contributed by atoms with Crippen LogP contribution in [0, 0.1) is 5.92 Å². The third-order valence-electron chi connectivity index (χ3n) is 4.67. The van der Waals surface area contributed by atoms with Crippen LogP contribution in [0.1, 0.15) is 28.3 Å². The van der Waals surface area contributed by atoms with Gasteiger partial charge < -0.3 is 5.32 Å². The summed E-state index contributed by atoms with van der Waals surface area (Å²) < 4.78 is 0.